The minimum absolute atomic E-state index is 0.162. The molecule has 1 amide bonds. The fraction of sp³-hybridized carbons (Fsp3) is 0.429. The molecule has 0 spiro atoms. The van der Waals surface area contributed by atoms with Gasteiger partial charge < -0.3 is 15.4 Å². The molecule has 0 saturated carbocycles. The lowest BCUT2D eigenvalue weighted by molar-refractivity contribution is 0.0979. The lowest BCUT2D eigenvalue weighted by Gasteiger charge is -2.16. The number of ether oxygens (including phenoxy) is 1. The Hall–Kier alpha value is -1.90. The number of aryl methyl sites for hydroxylation is 2. The number of benzene rings is 1. The number of hydrogen-bond acceptors (Lipinski definition) is 5. The SMILES string of the molecule is CCN(CC)CCN=C(N)NC(=O)c1sccc1CCc1cc(Br)ccc1OC. The minimum atomic E-state index is -0.208. The van der Waals surface area contributed by atoms with Gasteiger partial charge in [-0.15, -0.1) is 11.3 Å². The Bertz CT molecular complexity index is 834. The molecular formula is C21H29BrN4O2S. The van der Waals surface area contributed by atoms with Gasteiger partial charge in [-0.2, -0.15) is 0 Å². The number of thiophene rings is 1. The topological polar surface area (TPSA) is 80.0 Å². The first kappa shape index (κ1) is 23.4. The summed E-state index contributed by atoms with van der Waals surface area (Å²) in [7, 11) is 1.67. The lowest BCUT2D eigenvalue weighted by Crippen LogP contribution is -2.37. The van der Waals surface area contributed by atoms with E-state index in [1.54, 1.807) is 7.11 Å². The Kier molecular flexibility index (Phi) is 9.63. The number of rotatable bonds is 10. The van der Waals surface area contributed by atoms with Crippen molar-refractivity contribution in [2.75, 3.05) is 33.3 Å². The largest absolute Gasteiger partial charge is 0.496 e. The highest BCUT2D eigenvalue weighted by atomic mass is 79.9. The van der Waals surface area contributed by atoms with Crippen LogP contribution in [0.4, 0.5) is 0 Å². The Morgan fingerprint density at radius 3 is 2.66 bits per heavy atom. The maximum absolute atomic E-state index is 12.6. The number of halogens is 1. The van der Waals surface area contributed by atoms with E-state index in [0.717, 1.165) is 53.8 Å². The Labute approximate surface area is 185 Å². The second-order valence-corrected chi connectivity index (χ2v) is 8.31. The molecule has 1 aromatic carbocycles. The van der Waals surface area contributed by atoms with Gasteiger partial charge in [-0.1, -0.05) is 29.8 Å². The maximum Gasteiger partial charge on any atom is 0.268 e. The van der Waals surface area contributed by atoms with Crippen molar-refractivity contribution in [1.29, 1.82) is 0 Å². The molecule has 1 aromatic heterocycles. The predicted octanol–water partition coefficient (Wildman–Crippen LogP) is 3.69. The van der Waals surface area contributed by atoms with Gasteiger partial charge in [0.25, 0.3) is 5.91 Å². The molecule has 0 aliphatic carbocycles. The second kappa shape index (κ2) is 11.9. The molecule has 0 unspecified atom stereocenters. The molecule has 0 aliphatic heterocycles. The number of aliphatic imine (C=N–C) groups is 1. The number of nitrogens with zero attached hydrogens (tertiary/aromatic N) is 2. The summed E-state index contributed by atoms with van der Waals surface area (Å²) >= 11 is 4.91. The van der Waals surface area contributed by atoms with Crippen molar-refractivity contribution in [1.82, 2.24) is 10.2 Å². The van der Waals surface area contributed by atoms with Crippen LogP contribution in [0.5, 0.6) is 5.75 Å². The van der Waals surface area contributed by atoms with Gasteiger partial charge in [0.2, 0.25) is 0 Å². The zero-order chi connectivity index (χ0) is 21.2. The van der Waals surface area contributed by atoms with E-state index in [4.69, 9.17) is 10.5 Å². The molecule has 29 heavy (non-hydrogen) atoms. The molecule has 0 fully saturated rings. The number of nitrogens with one attached hydrogen (secondary N) is 1. The summed E-state index contributed by atoms with van der Waals surface area (Å²) in [6, 6.07) is 7.92. The summed E-state index contributed by atoms with van der Waals surface area (Å²) in [5.41, 5.74) is 7.99. The van der Waals surface area contributed by atoms with Crippen molar-refractivity contribution < 1.29 is 9.53 Å². The van der Waals surface area contributed by atoms with Crippen LogP contribution in [0, 0.1) is 0 Å². The average molecular weight is 481 g/mol. The van der Waals surface area contributed by atoms with Crippen LogP contribution in [0.15, 0.2) is 39.1 Å². The average Bonchev–Trinajstić information content (AvgIpc) is 3.18. The van der Waals surface area contributed by atoms with E-state index in [2.05, 4.69) is 45.0 Å². The standard InChI is InChI=1S/C21H29BrN4O2S/c1-4-26(5-2)12-11-24-21(23)25-20(27)19-15(10-13-29-19)6-7-16-14-17(22)8-9-18(16)28-3/h8-10,13-14H,4-7,11-12H2,1-3H3,(H3,23,24,25,27). The Balaban J connectivity index is 1.97. The van der Waals surface area contributed by atoms with Gasteiger partial charge in [-0.05, 0) is 66.7 Å². The highest BCUT2D eigenvalue weighted by Crippen LogP contribution is 2.26. The zero-order valence-corrected chi connectivity index (χ0v) is 19.6. The van der Waals surface area contributed by atoms with E-state index < -0.39 is 0 Å². The van der Waals surface area contributed by atoms with E-state index in [1.165, 1.54) is 11.3 Å². The van der Waals surface area contributed by atoms with E-state index in [1.807, 2.05) is 29.6 Å². The highest BCUT2D eigenvalue weighted by molar-refractivity contribution is 9.10. The highest BCUT2D eigenvalue weighted by Gasteiger charge is 2.15. The van der Waals surface area contributed by atoms with Crippen LogP contribution in [0.3, 0.4) is 0 Å². The first-order valence-electron chi connectivity index (χ1n) is 9.70. The molecule has 0 atom stereocenters. The first-order valence-corrected chi connectivity index (χ1v) is 11.4. The molecule has 6 nitrogen and oxygen atoms in total. The van der Waals surface area contributed by atoms with E-state index in [0.29, 0.717) is 11.4 Å². The van der Waals surface area contributed by atoms with Gasteiger partial charge in [0.1, 0.15) is 5.75 Å². The zero-order valence-electron chi connectivity index (χ0n) is 17.2. The monoisotopic (exact) mass is 480 g/mol. The van der Waals surface area contributed by atoms with Crippen LogP contribution < -0.4 is 15.8 Å². The maximum atomic E-state index is 12.6. The summed E-state index contributed by atoms with van der Waals surface area (Å²) in [5, 5.41) is 4.64. The van der Waals surface area contributed by atoms with Crippen LogP contribution in [0.1, 0.15) is 34.6 Å². The molecule has 158 valence electrons. The fourth-order valence-electron chi connectivity index (χ4n) is 3.01. The third-order valence-corrected chi connectivity index (χ3v) is 6.14. The van der Waals surface area contributed by atoms with Crippen molar-refractivity contribution in [3.8, 4) is 5.75 Å². The Morgan fingerprint density at radius 1 is 1.24 bits per heavy atom. The quantitative estimate of drug-likeness (QED) is 0.401. The van der Waals surface area contributed by atoms with Gasteiger partial charge in [0, 0.05) is 11.0 Å². The van der Waals surface area contributed by atoms with Crippen molar-refractivity contribution in [3.05, 3.63) is 50.1 Å². The summed E-state index contributed by atoms with van der Waals surface area (Å²) in [6.45, 7) is 7.55. The van der Waals surface area contributed by atoms with Crippen molar-refractivity contribution >= 4 is 39.1 Å². The number of hydrogen-bond donors (Lipinski definition) is 2. The third kappa shape index (κ3) is 7.13. The van der Waals surface area contributed by atoms with Gasteiger partial charge >= 0.3 is 0 Å². The molecule has 2 rings (SSSR count). The molecule has 8 heteroatoms. The molecule has 1 heterocycles. The fourth-order valence-corrected chi connectivity index (χ4v) is 4.26. The van der Waals surface area contributed by atoms with Crippen molar-refractivity contribution in [2.45, 2.75) is 26.7 Å². The third-order valence-electron chi connectivity index (χ3n) is 4.69. The van der Waals surface area contributed by atoms with Crippen LogP contribution >= 0.6 is 27.3 Å². The van der Waals surface area contributed by atoms with Crippen molar-refractivity contribution in [2.24, 2.45) is 10.7 Å². The summed E-state index contributed by atoms with van der Waals surface area (Å²) in [5.74, 6) is 0.800. The van der Waals surface area contributed by atoms with Gasteiger partial charge in [-0.25, -0.2) is 0 Å². The molecule has 0 bridgehead atoms. The molecular weight excluding hydrogens is 452 g/mol. The predicted molar refractivity (Wildman–Crippen MR) is 124 cm³/mol. The van der Waals surface area contributed by atoms with E-state index in [-0.39, 0.29) is 11.9 Å². The number of guanidine groups is 1. The molecule has 0 saturated heterocycles. The molecule has 3 N–H and O–H groups in total. The number of carbonyl (C=O) groups excluding carboxylic acids is 1. The molecule has 0 aliphatic rings. The van der Waals surface area contributed by atoms with E-state index in [9.17, 15) is 4.79 Å². The summed E-state index contributed by atoms with van der Waals surface area (Å²) in [4.78, 5) is 19.8. The second-order valence-electron chi connectivity index (χ2n) is 6.48. The summed E-state index contributed by atoms with van der Waals surface area (Å²) < 4.78 is 6.44. The van der Waals surface area contributed by atoms with Crippen LogP contribution in [0.2, 0.25) is 0 Å². The summed E-state index contributed by atoms with van der Waals surface area (Å²) in [6.07, 6.45) is 1.51. The molecule has 2 aromatic rings. The normalized spacial score (nSPS) is 11.7. The van der Waals surface area contributed by atoms with Gasteiger partial charge in [0.15, 0.2) is 5.96 Å². The van der Waals surface area contributed by atoms with Crippen LogP contribution in [-0.4, -0.2) is 50.1 Å². The van der Waals surface area contributed by atoms with Gasteiger partial charge in [0.05, 0.1) is 18.5 Å². The lowest BCUT2D eigenvalue weighted by atomic mass is 10.0. The number of likely N-dealkylation sites (N-methyl/N-ethyl adjacent to an activating group) is 1. The van der Waals surface area contributed by atoms with Gasteiger partial charge in [-0.3, -0.25) is 15.1 Å². The van der Waals surface area contributed by atoms with Crippen LogP contribution in [0.25, 0.3) is 0 Å². The first-order chi connectivity index (χ1) is 14.0. The number of carbonyl (C=O) groups is 1. The number of methoxy groups -OCH3 is 1. The number of amides is 1. The van der Waals surface area contributed by atoms with E-state index >= 15 is 0 Å². The van der Waals surface area contributed by atoms with Crippen LogP contribution in [-0.2, 0) is 12.8 Å². The molecule has 0 radical (unpaired) electrons. The number of nitrogens with two attached hydrogens (primary N) is 1. The minimum Gasteiger partial charge on any atom is -0.496 e. The Morgan fingerprint density at radius 2 is 1.97 bits per heavy atom. The van der Waals surface area contributed by atoms with Crippen molar-refractivity contribution in [3.63, 3.8) is 0 Å². The smallest absolute Gasteiger partial charge is 0.268 e.